The van der Waals surface area contributed by atoms with Crippen LogP contribution in [-0.4, -0.2) is 432 Å². The zero-order chi connectivity index (χ0) is 107. The standard InChI is InChI=1S/C10H20N2O4.C10H19NO5.C9H18N2O5.C9H16O4.2C8H15NO4.2C8H14O5.C7H13NO5.C7H12O6/c1-15-8-9(13)11-6-4-3-5-7-12-10(14)16-2;1-14-8-9(12)16-7-5-3-4-6-11-10(13)15-2;1-14-7-8(12)10-3-5-16-6-4-11-9(13)15-2;1-3-8(10)5-4-6-13-9(11)7-12-2;1-12-6-7(10)9-5-3-4-8(11)13-2;1-3-8(11)13-5-4-9-7(10)6-12-2;1-11-6-8(10)13-5-3-4-7(9)12-2;1-3-7(9)12-4-5-13-8(10)6-11-2;1-11-5-6(9)8-3-4-13-7(10)12-2;1-10-5-6(8)12-3-4-13-7(9)11-2/h3-8H2,1-2H3,(H,11,13)(H,12,14);3-8H2,1-2H3,(H,11,13);3-7H2,1-2H3,(H,10,12)(H,11,13);3-7H2,1-2H3;2*3-6H2,1-2H3,(H,9,10);2*3-6H2,1-2H3;3-5H2,1-2H3,(H,8,9);3-5H2,1-2H3. The van der Waals surface area contributed by atoms with Gasteiger partial charge in [-0.25, -0.2) is 47.9 Å². The summed E-state index contributed by atoms with van der Waals surface area (Å²) in [5.41, 5.74) is 0. The van der Waals surface area contributed by atoms with Crippen LogP contribution in [0.4, 0.5) is 24.0 Å². The molecule has 0 aromatic carbocycles. The minimum Gasteiger partial charge on any atom is -0.469 e. The molecule has 55 heteroatoms. The molecular formula is C84H156N8O47. The predicted molar refractivity (Wildman–Crippen MR) is 485 cm³/mol. The van der Waals surface area contributed by atoms with Crippen LogP contribution in [0, 0.1) is 0 Å². The summed E-state index contributed by atoms with van der Waals surface area (Å²) in [5, 5.41) is 20.5. The second-order valence-corrected chi connectivity index (χ2v) is 25.3. The molecule has 0 aromatic rings. The molecular weight excluding hydrogens is 1870 g/mol. The van der Waals surface area contributed by atoms with Gasteiger partial charge in [0, 0.05) is 149 Å². The van der Waals surface area contributed by atoms with Crippen LogP contribution < -0.4 is 42.5 Å². The van der Waals surface area contributed by atoms with E-state index in [0.29, 0.717) is 124 Å². The molecule has 0 saturated heterocycles. The first-order valence-corrected chi connectivity index (χ1v) is 43.0. The molecule has 0 aliphatic carbocycles. The third-order valence-corrected chi connectivity index (χ3v) is 13.9. The Labute approximate surface area is 812 Å². The first-order valence-electron chi connectivity index (χ1n) is 43.0. The summed E-state index contributed by atoms with van der Waals surface area (Å²) in [6.07, 6.45) is 6.25. The number of hydrogen-bond acceptors (Lipinski definition) is 47. The van der Waals surface area contributed by atoms with Crippen molar-refractivity contribution >= 4 is 120 Å². The maximum atomic E-state index is 11.0. The van der Waals surface area contributed by atoms with Crippen LogP contribution in [-0.2, 0) is 200 Å². The Kier molecular flexibility index (Phi) is 130. The highest BCUT2D eigenvalue weighted by atomic mass is 16.7. The number of hydrogen-bond donors (Lipinski definition) is 8. The zero-order valence-electron chi connectivity index (χ0n) is 84.3. The molecule has 0 fully saturated rings. The third-order valence-electron chi connectivity index (χ3n) is 13.9. The topological polar surface area (TPSA) is 687 Å². The third kappa shape index (κ3) is 142. The number of carbonyl (C=O) groups excluding carboxylic acids is 20. The normalized spacial score (nSPS) is 9.44. The average Bonchev–Trinajstić information content (AvgIpc) is 0.995. The largest absolute Gasteiger partial charge is 0.508 e. The van der Waals surface area contributed by atoms with Gasteiger partial charge >= 0.3 is 84.3 Å². The number of nitrogens with one attached hydrogen (secondary N) is 8. The molecule has 139 heavy (non-hydrogen) atoms. The molecule has 0 aliphatic heterocycles. The van der Waals surface area contributed by atoms with Gasteiger partial charge in [-0.1, -0.05) is 20.8 Å². The van der Waals surface area contributed by atoms with Crippen molar-refractivity contribution in [2.45, 2.75) is 117 Å². The van der Waals surface area contributed by atoms with Gasteiger partial charge in [-0.05, 0) is 57.8 Å². The van der Waals surface area contributed by atoms with Gasteiger partial charge < -0.3 is 170 Å². The van der Waals surface area contributed by atoms with E-state index in [4.69, 9.17) is 23.7 Å². The van der Waals surface area contributed by atoms with Crippen molar-refractivity contribution in [2.24, 2.45) is 0 Å². The van der Waals surface area contributed by atoms with Crippen LogP contribution in [0.3, 0.4) is 0 Å². The summed E-state index contributed by atoms with van der Waals surface area (Å²) < 4.78 is 123. The average molecular weight is 2030 g/mol. The van der Waals surface area contributed by atoms with E-state index in [9.17, 15) is 95.9 Å². The van der Waals surface area contributed by atoms with Crippen LogP contribution in [0.25, 0.3) is 0 Å². The summed E-state index contributed by atoms with van der Waals surface area (Å²) in [6, 6.07) is 0. The van der Waals surface area contributed by atoms with E-state index in [-0.39, 0.29) is 196 Å². The predicted octanol–water partition coefficient (Wildman–Crippen LogP) is 0.188. The Morgan fingerprint density at radius 2 is 0.417 bits per heavy atom. The highest BCUT2D eigenvalue weighted by molar-refractivity contribution is 5.80. The molecule has 8 amide bonds. The lowest BCUT2D eigenvalue weighted by atomic mass is 10.2. The molecule has 0 radical (unpaired) electrons. The number of amides is 8. The van der Waals surface area contributed by atoms with Gasteiger partial charge in [0.05, 0.1) is 95.9 Å². The SMILES string of the molecule is CCC(=O)CCCOC(=O)COC.CCC(=O)OCCNC(=O)COC.CCC(=O)OCCOC(=O)COC.COCC(=O)NCCCC(=O)OC.COCC(=O)NCCCCCNC(=O)OC.COCC(=O)NCCOC(=O)OC.COCC(=O)NCCOCCNC(=O)OC.COCC(=O)OCCCC(=O)OC.COCC(=O)OCCCCCNC(=O)OC.COCC(=O)OCCOC(=O)OC. The smallest absolute Gasteiger partial charge is 0.469 e. The van der Waals surface area contributed by atoms with Gasteiger partial charge in [-0.15, -0.1) is 0 Å². The molecule has 0 aromatic heterocycles. The zero-order valence-corrected chi connectivity index (χ0v) is 84.3. The van der Waals surface area contributed by atoms with Crippen molar-refractivity contribution in [3.8, 4) is 0 Å². The van der Waals surface area contributed by atoms with Crippen LogP contribution >= 0.6 is 0 Å². The van der Waals surface area contributed by atoms with Crippen LogP contribution in [0.2, 0.25) is 0 Å². The lowest BCUT2D eigenvalue weighted by Crippen LogP contribution is -2.31. The molecule has 0 spiro atoms. The fourth-order valence-electron chi connectivity index (χ4n) is 7.43. The van der Waals surface area contributed by atoms with E-state index in [1.54, 1.807) is 13.8 Å². The molecule has 0 heterocycles. The quantitative estimate of drug-likeness (QED) is 0.0229. The van der Waals surface area contributed by atoms with Crippen LogP contribution in [0.15, 0.2) is 0 Å². The molecule has 0 bridgehead atoms. The summed E-state index contributed by atoms with van der Waals surface area (Å²) >= 11 is 0. The van der Waals surface area contributed by atoms with Gasteiger partial charge in [0.15, 0.2) is 0 Å². The summed E-state index contributed by atoms with van der Waals surface area (Å²) in [6.45, 7) is 10.9. The second-order valence-electron chi connectivity index (χ2n) is 25.3. The van der Waals surface area contributed by atoms with Gasteiger partial charge in [0.2, 0.25) is 29.5 Å². The molecule has 0 saturated carbocycles. The van der Waals surface area contributed by atoms with Gasteiger partial charge in [0.1, 0.15) is 111 Å². The molecule has 8 N–H and O–H groups in total. The van der Waals surface area contributed by atoms with E-state index in [1.807, 2.05) is 6.92 Å². The van der Waals surface area contributed by atoms with E-state index in [2.05, 4.69) is 147 Å². The van der Waals surface area contributed by atoms with Gasteiger partial charge in [-0.3, -0.25) is 47.9 Å². The van der Waals surface area contributed by atoms with Gasteiger partial charge in [-0.2, -0.15) is 0 Å². The number of ketones is 1. The number of Topliss-reactive ketones (excluding diaryl/α,β-unsaturated/α-hetero) is 1. The number of rotatable bonds is 65. The number of carbonyl (C=O) groups is 20. The molecule has 814 valence electrons. The molecule has 55 nitrogen and oxygen atoms in total. The van der Waals surface area contributed by atoms with Crippen molar-refractivity contribution in [1.82, 2.24) is 42.5 Å². The van der Waals surface area contributed by atoms with Gasteiger partial charge in [0.25, 0.3) is 0 Å². The number of alkyl carbamates (subject to hydrolysis) is 3. The Balaban J connectivity index is -0.000000166. The first kappa shape index (κ1) is 147. The Morgan fingerprint density at radius 1 is 0.180 bits per heavy atom. The summed E-state index contributed by atoms with van der Waals surface area (Å²) in [5.74, 6) is -3.98. The second kappa shape index (κ2) is 122. The highest BCUT2D eigenvalue weighted by Gasteiger charge is 2.12. The minimum absolute atomic E-state index is 0.00176. The van der Waals surface area contributed by atoms with E-state index in [0.717, 1.165) is 38.5 Å². The number of ether oxygens (including phenoxy) is 27. The fourth-order valence-corrected chi connectivity index (χ4v) is 7.43. The Hall–Kier alpha value is -11.8. The summed E-state index contributed by atoms with van der Waals surface area (Å²) in [7, 11) is 23.3. The maximum absolute atomic E-state index is 11.0. The number of esters is 9. The first-order chi connectivity index (χ1) is 66.5. The Morgan fingerprint density at radius 3 is 0.727 bits per heavy atom. The molecule has 0 aliphatic rings. The number of unbranched alkanes of at least 4 members (excludes halogenated alkanes) is 4. The van der Waals surface area contributed by atoms with E-state index >= 15 is 0 Å². The molecule has 0 unspecified atom stereocenters. The fraction of sp³-hybridized carbons (Fsp3) is 0.762. The monoisotopic (exact) mass is 2030 g/mol. The highest BCUT2D eigenvalue weighted by Crippen LogP contribution is 2.00. The van der Waals surface area contributed by atoms with Crippen molar-refractivity contribution in [1.29, 1.82) is 0 Å². The van der Waals surface area contributed by atoms with Crippen molar-refractivity contribution < 1.29 is 224 Å². The Bertz CT molecular complexity index is 2650. The lowest BCUT2D eigenvalue weighted by Gasteiger charge is -2.06. The van der Waals surface area contributed by atoms with Crippen molar-refractivity contribution in [3.05, 3.63) is 0 Å². The maximum Gasteiger partial charge on any atom is 0.508 e. The summed E-state index contributed by atoms with van der Waals surface area (Å²) in [4.78, 5) is 214. The lowest BCUT2D eigenvalue weighted by molar-refractivity contribution is -0.154. The van der Waals surface area contributed by atoms with E-state index < -0.39 is 48.5 Å². The van der Waals surface area contributed by atoms with E-state index in [1.165, 1.54) is 121 Å². The molecule has 0 rings (SSSR count). The minimum atomic E-state index is -0.803. The van der Waals surface area contributed by atoms with Crippen molar-refractivity contribution in [3.63, 3.8) is 0 Å². The van der Waals surface area contributed by atoms with Crippen molar-refractivity contribution in [2.75, 3.05) is 312 Å². The molecule has 0 atom stereocenters. The number of methoxy groups -OCH3 is 17. The van der Waals surface area contributed by atoms with Crippen LogP contribution in [0.5, 0.6) is 0 Å². The van der Waals surface area contributed by atoms with Crippen LogP contribution in [0.1, 0.15) is 117 Å².